The zero-order chi connectivity index (χ0) is 18.6. The van der Waals surface area contributed by atoms with Gasteiger partial charge in [-0.15, -0.1) is 0 Å². The molecule has 26 heavy (non-hydrogen) atoms. The molecule has 0 spiro atoms. The molecule has 140 valence electrons. The van der Waals surface area contributed by atoms with E-state index in [0.29, 0.717) is 0 Å². The van der Waals surface area contributed by atoms with Gasteiger partial charge in [0.2, 0.25) is 0 Å². The van der Waals surface area contributed by atoms with Crippen molar-refractivity contribution < 1.29 is 9.13 Å². The van der Waals surface area contributed by atoms with Crippen LogP contribution in [0.2, 0.25) is 0 Å². The fourth-order valence-corrected chi connectivity index (χ4v) is 3.34. The molecule has 1 aliphatic heterocycles. The summed E-state index contributed by atoms with van der Waals surface area (Å²) in [5.41, 5.74) is 7.98. The maximum absolute atomic E-state index is 13.4. The van der Waals surface area contributed by atoms with Crippen LogP contribution in [0, 0.1) is 5.82 Å². The number of piperidine rings is 1. The first-order chi connectivity index (χ1) is 12.4. The summed E-state index contributed by atoms with van der Waals surface area (Å²) < 4.78 is 19.1. The van der Waals surface area contributed by atoms with Gasteiger partial charge in [-0.1, -0.05) is 18.2 Å². The molecule has 2 aromatic rings. The summed E-state index contributed by atoms with van der Waals surface area (Å²) in [5, 5.41) is 3.30. The highest BCUT2D eigenvalue weighted by molar-refractivity contribution is 5.45. The summed E-state index contributed by atoms with van der Waals surface area (Å²) in [6, 6.07) is 14.7. The van der Waals surface area contributed by atoms with Crippen LogP contribution in [0.1, 0.15) is 32.3 Å². The zero-order valence-corrected chi connectivity index (χ0v) is 15.5. The number of likely N-dealkylation sites (tertiary alicyclic amines) is 1. The van der Waals surface area contributed by atoms with Gasteiger partial charge in [0.25, 0.3) is 0 Å². The van der Waals surface area contributed by atoms with Gasteiger partial charge in [0.05, 0.1) is 11.8 Å². The highest BCUT2D eigenvalue weighted by Crippen LogP contribution is 2.25. The SMILES string of the molecule is CC(C)Oc1cccc(CN2CCC(N)(Nc3cccc(F)c3)CC2)c1. The van der Waals surface area contributed by atoms with Crippen molar-refractivity contribution in [3.8, 4) is 5.75 Å². The summed E-state index contributed by atoms with van der Waals surface area (Å²) in [7, 11) is 0. The average Bonchev–Trinajstić information content (AvgIpc) is 2.57. The quantitative estimate of drug-likeness (QED) is 0.768. The number of hydrogen-bond acceptors (Lipinski definition) is 4. The van der Waals surface area contributed by atoms with Crippen LogP contribution in [0.3, 0.4) is 0 Å². The largest absolute Gasteiger partial charge is 0.491 e. The number of ether oxygens (including phenoxy) is 1. The van der Waals surface area contributed by atoms with E-state index in [1.165, 1.54) is 17.7 Å². The van der Waals surface area contributed by atoms with Crippen molar-refractivity contribution in [2.75, 3.05) is 18.4 Å². The lowest BCUT2D eigenvalue weighted by molar-refractivity contribution is 0.169. The van der Waals surface area contributed by atoms with Crippen LogP contribution < -0.4 is 15.8 Å². The third-order valence-corrected chi connectivity index (χ3v) is 4.64. The molecule has 1 heterocycles. The van der Waals surface area contributed by atoms with Crippen molar-refractivity contribution in [2.45, 2.75) is 45.0 Å². The molecule has 1 aliphatic rings. The highest BCUT2D eigenvalue weighted by Gasteiger charge is 2.30. The summed E-state index contributed by atoms with van der Waals surface area (Å²) >= 11 is 0. The van der Waals surface area contributed by atoms with E-state index in [9.17, 15) is 4.39 Å². The molecule has 0 unspecified atom stereocenters. The molecule has 0 aliphatic carbocycles. The fourth-order valence-electron chi connectivity index (χ4n) is 3.34. The van der Waals surface area contributed by atoms with Crippen LogP contribution in [0.5, 0.6) is 5.75 Å². The lowest BCUT2D eigenvalue weighted by atomic mass is 9.97. The molecular formula is C21H28FN3O. The molecule has 0 saturated carbocycles. The Morgan fingerprint density at radius 1 is 1.15 bits per heavy atom. The Morgan fingerprint density at radius 3 is 2.58 bits per heavy atom. The van der Waals surface area contributed by atoms with E-state index in [4.69, 9.17) is 10.5 Å². The number of rotatable bonds is 6. The average molecular weight is 357 g/mol. The topological polar surface area (TPSA) is 50.5 Å². The molecule has 3 N–H and O–H groups in total. The molecule has 0 radical (unpaired) electrons. The number of hydrogen-bond donors (Lipinski definition) is 2. The number of nitrogens with one attached hydrogen (secondary N) is 1. The second-order valence-electron chi connectivity index (χ2n) is 7.38. The minimum absolute atomic E-state index is 0.173. The fraction of sp³-hybridized carbons (Fsp3) is 0.429. The Kier molecular flexibility index (Phi) is 5.79. The lowest BCUT2D eigenvalue weighted by Crippen LogP contribution is -2.55. The van der Waals surface area contributed by atoms with Crippen LogP contribution in [0.4, 0.5) is 10.1 Å². The van der Waals surface area contributed by atoms with Crippen molar-refractivity contribution in [3.05, 3.63) is 59.9 Å². The minimum Gasteiger partial charge on any atom is -0.491 e. The van der Waals surface area contributed by atoms with Crippen LogP contribution in [0.15, 0.2) is 48.5 Å². The Morgan fingerprint density at radius 2 is 1.88 bits per heavy atom. The third kappa shape index (κ3) is 5.19. The first-order valence-corrected chi connectivity index (χ1v) is 9.22. The molecule has 0 atom stereocenters. The summed E-state index contributed by atoms with van der Waals surface area (Å²) in [4.78, 5) is 2.40. The van der Waals surface area contributed by atoms with Gasteiger partial charge in [-0.05, 0) is 62.6 Å². The Bertz CT molecular complexity index is 727. The lowest BCUT2D eigenvalue weighted by Gasteiger charge is -2.40. The smallest absolute Gasteiger partial charge is 0.125 e. The molecular weight excluding hydrogens is 329 g/mol. The predicted molar refractivity (Wildman–Crippen MR) is 104 cm³/mol. The van der Waals surface area contributed by atoms with E-state index in [-0.39, 0.29) is 11.9 Å². The van der Waals surface area contributed by atoms with Gasteiger partial charge in [0, 0.05) is 25.3 Å². The molecule has 0 amide bonds. The first-order valence-electron chi connectivity index (χ1n) is 9.22. The van der Waals surface area contributed by atoms with E-state index in [1.807, 2.05) is 32.0 Å². The molecule has 1 fully saturated rings. The third-order valence-electron chi connectivity index (χ3n) is 4.64. The van der Waals surface area contributed by atoms with Crippen LogP contribution in [-0.4, -0.2) is 29.8 Å². The normalized spacial score (nSPS) is 17.3. The number of halogens is 1. The monoisotopic (exact) mass is 357 g/mol. The standard InChI is InChI=1S/C21H28FN3O/c1-16(2)26-20-8-3-5-17(13-20)15-25-11-9-21(23,10-12-25)24-19-7-4-6-18(22)14-19/h3-8,13-14,16,24H,9-12,15,23H2,1-2H3. The van der Waals surface area contributed by atoms with Gasteiger partial charge in [-0.2, -0.15) is 0 Å². The summed E-state index contributed by atoms with van der Waals surface area (Å²) in [6.07, 6.45) is 1.80. The first kappa shape index (κ1) is 18.7. The van der Waals surface area contributed by atoms with Crippen molar-refractivity contribution in [1.82, 2.24) is 4.90 Å². The van der Waals surface area contributed by atoms with Crippen molar-refractivity contribution in [2.24, 2.45) is 5.73 Å². The van der Waals surface area contributed by atoms with Gasteiger partial charge in [0.15, 0.2) is 0 Å². The van der Waals surface area contributed by atoms with E-state index in [0.717, 1.165) is 43.9 Å². The molecule has 0 bridgehead atoms. The molecule has 0 aromatic heterocycles. The van der Waals surface area contributed by atoms with Gasteiger partial charge in [-0.3, -0.25) is 4.90 Å². The predicted octanol–water partition coefficient (Wildman–Crippen LogP) is 3.98. The maximum atomic E-state index is 13.4. The highest BCUT2D eigenvalue weighted by atomic mass is 19.1. The zero-order valence-electron chi connectivity index (χ0n) is 15.5. The second-order valence-corrected chi connectivity index (χ2v) is 7.38. The van der Waals surface area contributed by atoms with Crippen molar-refractivity contribution >= 4 is 5.69 Å². The summed E-state index contributed by atoms with van der Waals surface area (Å²) in [6.45, 7) is 6.74. The number of nitrogens with zero attached hydrogens (tertiary/aromatic N) is 1. The number of anilines is 1. The number of benzene rings is 2. The van der Waals surface area contributed by atoms with E-state index in [2.05, 4.69) is 22.3 Å². The Hall–Kier alpha value is -2.11. The molecule has 4 nitrogen and oxygen atoms in total. The molecule has 5 heteroatoms. The van der Waals surface area contributed by atoms with Gasteiger partial charge in [-0.25, -0.2) is 4.39 Å². The van der Waals surface area contributed by atoms with Crippen LogP contribution in [-0.2, 0) is 6.54 Å². The van der Waals surface area contributed by atoms with Crippen molar-refractivity contribution in [3.63, 3.8) is 0 Å². The van der Waals surface area contributed by atoms with E-state index >= 15 is 0 Å². The van der Waals surface area contributed by atoms with Crippen LogP contribution in [0.25, 0.3) is 0 Å². The second kappa shape index (κ2) is 8.06. The van der Waals surface area contributed by atoms with E-state index in [1.54, 1.807) is 6.07 Å². The maximum Gasteiger partial charge on any atom is 0.125 e. The van der Waals surface area contributed by atoms with Gasteiger partial charge in [0.1, 0.15) is 11.6 Å². The molecule has 1 saturated heterocycles. The number of nitrogens with two attached hydrogens (primary N) is 1. The Balaban J connectivity index is 1.55. The van der Waals surface area contributed by atoms with Crippen molar-refractivity contribution in [1.29, 1.82) is 0 Å². The summed E-state index contributed by atoms with van der Waals surface area (Å²) in [5.74, 6) is 0.662. The van der Waals surface area contributed by atoms with Gasteiger partial charge < -0.3 is 15.8 Å². The Labute approximate surface area is 155 Å². The minimum atomic E-state index is -0.493. The van der Waals surface area contributed by atoms with Gasteiger partial charge >= 0.3 is 0 Å². The van der Waals surface area contributed by atoms with Crippen LogP contribution >= 0.6 is 0 Å². The van der Waals surface area contributed by atoms with E-state index < -0.39 is 5.66 Å². The molecule has 3 rings (SSSR count). The molecule has 2 aromatic carbocycles.